The zero-order valence-corrected chi connectivity index (χ0v) is 11.6. The maximum absolute atomic E-state index is 9.50. The van der Waals surface area contributed by atoms with E-state index in [1.165, 1.54) is 0 Å². The lowest BCUT2D eigenvalue weighted by Crippen LogP contribution is -2.33. The van der Waals surface area contributed by atoms with E-state index in [4.69, 9.17) is 0 Å². The van der Waals surface area contributed by atoms with Gasteiger partial charge in [0.15, 0.2) is 0 Å². The van der Waals surface area contributed by atoms with Crippen LogP contribution in [0.5, 0.6) is 11.8 Å². The minimum Gasteiger partial charge on any atom is -0.489 e. The van der Waals surface area contributed by atoms with Gasteiger partial charge in [-0.05, 0) is 24.5 Å². The van der Waals surface area contributed by atoms with Gasteiger partial charge in [-0.2, -0.15) is 0 Å². The molecular formula is C15H20N2O2. The molecule has 4 nitrogen and oxygen atoms in total. The fourth-order valence-electron chi connectivity index (χ4n) is 2.41. The molecule has 1 aliphatic carbocycles. The topological polar surface area (TPSA) is 66.2 Å². The van der Waals surface area contributed by atoms with Crippen LogP contribution in [0, 0.1) is 11.3 Å². The monoisotopic (exact) mass is 260 g/mol. The van der Waals surface area contributed by atoms with E-state index in [0.717, 1.165) is 12.8 Å². The molecule has 0 aromatic carbocycles. The van der Waals surface area contributed by atoms with Crippen molar-refractivity contribution >= 4 is 12.2 Å². The molecule has 0 aliphatic heterocycles. The summed E-state index contributed by atoms with van der Waals surface area (Å²) in [5.41, 5.74) is -0.129. The van der Waals surface area contributed by atoms with Gasteiger partial charge in [0.2, 0.25) is 0 Å². The molecule has 1 aliphatic rings. The number of rotatable bonds is 3. The van der Waals surface area contributed by atoms with Gasteiger partial charge in [-0.15, -0.1) is 0 Å². The highest BCUT2D eigenvalue weighted by Gasteiger charge is 2.26. The van der Waals surface area contributed by atoms with Crippen LogP contribution in [-0.4, -0.2) is 20.2 Å². The lowest BCUT2D eigenvalue weighted by Gasteiger charge is -2.29. The number of hydrogen-bond acceptors (Lipinski definition) is 4. The number of allylic oxidation sites excluding steroid dienone is 2. The van der Waals surface area contributed by atoms with Gasteiger partial charge in [0.05, 0.1) is 10.7 Å². The molecule has 19 heavy (non-hydrogen) atoms. The third-order valence-electron chi connectivity index (χ3n) is 3.86. The summed E-state index contributed by atoms with van der Waals surface area (Å²) in [6.45, 7) is 6.53. The minimum atomic E-state index is -0.429. The van der Waals surface area contributed by atoms with Crippen LogP contribution in [0.4, 0.5) is 0 Å². The van der Waals surface area contributed by atoms with Crippen molar-refractivity contribution in [1.82, 2.24) is 9.97 Å². The van der Waals surface area contributed by atoms with Crippen LogP contribution < -0.4 is 10.7 Å². The van der Waals surface area contributed by atoms with Gasteiger partial charge < -0.3 is 10.2 Å². The average Bonchev–Trinajstić information content (AvgIpc) is 2.50. The Hall–Kier alpha value is -1.84. The first-order valence-electron chi connectivity index (χ1n) is 6.64. The third-order valence-corrected chi connectivity index (χ3v) is 3.86. The van der Waals surface area contributed by atoms with E-state index in [1.54, 1.807) is 0 Å². The second-order valence-corrected chi connectivity index (χ2v) is 5.37. The molecule has 1 aromatic heterocycles. The number of hydrogen-bond donors (Lipinski definition) is 2. The lowest BCUT2D eigenvalue weighted by molar-refractivity contribution is 0.348. The molecule has 0 bridgehead atoms. The maximum Gasteiger partial charge on any atom is 0.276 e. The number of aromatic nitrogens is 2. The fourth-order valence-corrected chi connectivity index (χ4v) is 2.41. The molecule has 2 rings (SSSR count). The van der Waals surface area contributed by atoms with Gasteiger partial charge >= 0.3 is 0 Å². The van der Waals surface area contributed by atoms with Gasteiger partial charge in [0.25, 0.3) is 11.8 Å². The van der Waals surface area contributed by atoms with Crippen LogP contribution in [0.1, 0.15) is 33.6 Å². The molecule has 4 heteroatoms. The van der Waals surface area contributed by atoms with Crippen LogP contribution in [-0.2, 0) is 0 Å². The first kappa shape index (κ1) is 13.6. The van der Waals surface area contributed by atoms with Gasteiger partial charge in [-0.3, -0.25) is 0 Å². The van der Waals surface area contributed by atoms with Crippen molar-refractivity contribution in [3.05, 3.63) is 22.9 Å². The Bertz CT molecular complexity index is 622. The minimum absolute atomic E-state index is 0.129. The molecule has 0 spiro atoms. The van der Waals surface area contributed by atoms with Crippen molar-refractivity contribution in [1.29, 1.82) is 0 Å². The summed E-state index contributed by atoms with van der Waals surface area (Å²) < 4.78 is 0. The zero-order valence-electron chi connectivity index (χ0n) is 11.6. The second-order valence-electron chi connectivity index (χ2n) is 5.37. The van der Waals surface area contributed by atoms with E-state index in [9.17, 15) is 10.2 Å². The molecule has 1 aromatic rings. The Morgan fingerprint density at radius 2 is 1.84 bits per heavy atom. The second kappa shape index (κ2) is 5.03. The van der Waals surface area contributed by atoms with Crippen molar-refractivity contribution < 1.29 is 10.2 Å². The van der Waals surface area contributed by atoms with E-state index in [-0.39, 0.29) is 5.41 Å². The van der Waals surface area contributed by atoms with Gasteiger partial charge in [-0.25, -0.2) is 9.97 Å². The molecular weight excluding hydrogens is 240 g/mol. The summed E-state index contributed by atoms with van der Waals surface area (Å²) in [6, 6.07) is 0. The Balaban J connectivity index is 2.58. The third kappa shape index (κ3) is 2.62. The quantitative estimate of drug-likeness (QED) is 0.863. The van der Waals surface area contributed by atoms with Crippen molar-refractivity contribution in [2.75, 3.05) is 0 Å². The molecule has 1 heterocycles. The first-order valence-corrected chi connectivity index (χ1v) is 6.64. The van der Waals surface area contributed by atoms with Gasteiger partial charge in [0.1, 0.15) is 0 Å². The van der Waals surface area contributed by atoms with Gasteiger partial charge in [0, 0.05) is 5.41 Å². The smallest absolute Gasteiger partial charge is 0.276 e. The first-order chi connectivity index (χ1) is 8.96. The Morgan fingerprint density at radius 3 is 2.47 bits per heavy atom. The largest absolute Gasteiger partial charge is 0.489 e. The van der Waals surface area contributed by atoms with E-state index >= 15 is 0 Å². The van der Waals surface area contributed by atoms with Crippen LogP contribution in [0.15, 0.2) is 12.2 Å². The van der Waals surface area contributed by atoms with E-state index < -0.39 is 11.8 Å². The van der Waals surface area contributed by atoms with Crippen molar-refractivity contribution in [3.8, 4) is 11.8 Å². The summed E-state index contributed by atoms with van der Waals surface area (Å²) in [5.74, 6) is -0.386. The van der Waals surface area contributed by atoms with E-state index in [0.29, 0.717) is 16.6 Å². The van der Waals surface area contributed by atoms with Crippen molar-refractivity contribution in [3.63, 3.8) is 0 Å². The predicted octanol–water partition coefficient (Wildman–Crippen LogP) is 1.46. The Kier molecular flexibility index (Phi) is 3.60. The molecule has 0 amide bonds. The standard InChI is InChI=1S/C15H20N2O2/c1-4-6-10(2)15(3)8-5-7-11-12(9-15)17-14(19)13(18)16-11/h5,7-10H,4,6H2,1-3H3,(H,16,18)(H,17,19). The summed E-state index contributed by atoms with van der Waals surface area (Å²) >= 11 is 0. The van der Waals surface area contributed by atoms with Gasteiger partial charge in [-0.1, -0.05) is 39.3 Å². The summed E-state index contributed by atoms with van der Waals surface area (Å²) in [7, 11) is 0. The molecule has 0 saturated carbocycles. The van der Waals surface area contributed by atoms with E-state index in [2.05, 4.69) is 36.8 Å². The number of fused-ring (bicyclic) bond motifs is 1. The van der Waals surface area contributed by atoms with Crippen LogP contribution >= 0.6 is 0 Å². The predicted molar refractivity (Wildman–Crippen MR) is 74.9 cm³/mol. The fraction of sp³-hybridized carbons (Fsp3) is 0.467. The lowest BCUT2D eigenvalue weighted by atomic mass is 9.75. The number of aromatic hydroxyl groups is 2. The SMILES string of the molecule is CCCC(C)C1(C)C=CC=c2nc(O)c(O)nc2=C1. The summed E-state index contributed by atoms with van der Waals surface area (Å²) in [6.07, 6.45) is 10.1. The van der Waals surface area contributed by atoms with Crippen LogP contribution in [0.3, 0.4) is 0 Å². The molecule has 102 valence electrons. The zero-order chi connectivity index (χ0) is 14.0. The number of nitrogens with zero attached hydrogens (tertiary/aromatic N) is 2. The Labute approximate surface area is 112 Å². The molecule has 0 radical (unpaired) electrons. The molecule has 2 unspecified atom stereocenters. The average molecular weight is 260 g/mol. The molecule has 0 fully saturated rings. The molecule has 0 saturated heterocycles. The highest BCUT2D eigenvalue weighted by molar-refractivity contribution is 5.47. The normalized spacial score (nSPS) is 22.9. The van der Waals surface area contributed by atoms with Crippen LogP contribution in [0.2, 0.25) is 0 Å². The highest BCUT2D eigenvalue weighted by atomic mass is 16.3. The van der Waals surface area contributed by atoms with Crippen molar-refractivity contribution in [2.24, 2.45) is 11.3 Å². The van der Waals surface area contributed by atoms with Crippen molar-refractivity contribution in [2.45, 2.75) is 33.6 Å². The summed E-state index contributed by atoms with van der Waals surface area (Å²) in [4.78, 5) is 7.98. The molecule has 2 N–H and O–H groups in total. The van der Waals surface area contributed by atoms with E-state index in [1.807, 2.05) is 18.2 Å². The summed E-state index contributed by atoms with van der Waals surface area (Å²) in [5, 5.41) is 20.1. The highest BCUT2D eigenvalue weighted by Crippen LogP contribution is 2.34. The molecule has 2 atom stereocenters. The Morgan fingerprint density at radius 1 is 1.21 bits per heavy atom. The maximum atomic E-state index is 9.50. The van der Waals surface area contributed by atoms with Crippen LogP contribution in [0.25, 0.3) is 12.2 Å².